The fourth-order valence-electron chi connectivity index (χ4n) is 0. The van der Waals surface area contributed by atoms with E-state index in [1.54, 1.807) is 0 Å². The fourth-order valence-corrected chi connectivity index (χ4v) is 0. The van der Waals surface area contributed by atoms with E-state index in [0.717, 1.165) is 0 Å². The first-order chi connectivity index (χ1) is 3.00. The maximum absolute atomic E-state index is 8.97. The van der Waals surface area contributed by atoms with Gasteiger partial charge in [-0.2, -0.15) is 8.42 Å². The van der Waals surface area contributed by atoms with Gasteiger partial charge in [-0.1, -0.05) is 0 Å². The minimum Gasteiger partial charge on any atom is -0.324 e. The van der Waals surface area contributed by atoms with Crippen LogP contribution in [-0.2, 0) is 10.3 Å². The van der Waals surface area contributed by atoms with Gasteiger partial charge in [-0.3, -0.25) is 4.55 Å². The third kappa shape index (κ3) is 1220. The Morgan fingerprint density at radius 1 is 1.43 bits per heavy atom. The van der Waals surface area contributed by atoms with Crippen molar-refractivity contribution in [3.8, 4) is 0 Å². The summed E-state index contributed by atoms with van der Waals surface area (Å²) in [5, 5.41) is 3.88. The second kappa shape index (κ2) is 4.47. The molecule has 7 heteroatoms. The third-order valence-electron chi connectivity index (χ3n) is 0. The Hall–Kier alpha value is 0.310. The van der Waals surface area contributed by atoms with E-state index in [1.807, 2.05) is 16.3 Å². The minimum atomic E-state index is -4.17. The van der Waals surface area contributed by atoms with Gasteiger partial charge in [0, 0.05) is 0 Å². The first kappa shape index (κ1) is 10.3. The van der Waals surface area contributed by atoms with Crippen molar-refractivity contribution in [1.82, 2.24) is 0 Å². The minimum absolute atomic E-state index is 1.94. The quantitative estimate of drug-likeness (QED) is 0.432. The van der Waals surface area contributed by atoms with Crippen LogP contribution < -0.4 is 5.14 Å². The number of nitrogens with two attached hydrogens (primary N) is 1. The number of halogens is 1. The summed E-state index contributed by atoms with van der Waals surface area (Å²) in [4.78, 5) is 0. The van der Waals surface area contributed by atoms with Gasteiger partial charge in [-0.25, -0.2) is 5.14 Å². The van der Waals surface area contributed by atoms with Crippen LogP contribution in [0.15, 0.2) is 0 Å². The molecule has 0 bridgehead atoms. The van der Waals surface area contributed by atoms with Gasteiger partial charge in [-0.15, -0.1) is 0 Å². The van der Waals surface area contributed by atoms with Gasteiger partial charge >= 0.3 is 10.3 Å². The normalized spacial score (nSPS) is 9.14. The van der Waals surface area contributed by atoms with Crippen molar-refractivity contribution in [1.29, 1.82) is 0 Å². The zero-order chi connectivity index (χ0) is 6.50. The van der Waals surface area contributed by atoms with Gasteiger partial charge in [0.2, 0.25) is 0 Å². The highest BCUT2D eigenvalue weighted by Gasteiger charge is 1.81. The second-order valence-corrected chi connectivity index (χ2v) is 1.54. The standard InChI is InChI=1S/BrHO.H3NO3S/c1-2;1-5(2,3)4/h2H;(H3,1,2,3,4). The molecule has 0 aliphatic heterocycles. The van der Waals surface area contributed by atoms with Crippen LogP contribution in [0.4, 0.5) is 0 Å². The Balaban J connectivity index is 0. The molecule has 4 N–H and O–H groups in total. The highest BCUT2D eigenvalue weighted by atomic mass is 79.9. The predicted octanol–water partition coefficient (Wildman–Crippen LogP) is -0.963. The predicted molar refractivity (Wildman–Crippen MR) is 26.9 cm³/mol. The molecule has 0 aliphatic carbocycles. The van der Waals surface area contributed by atoms with Crippen LogP contribution in [0.5, 0.6) is 0 Å². The lowest BCUT2D eigenvalue weighted by Crippen LogP contribution is -2.08. The van der Waals surface area contributed by atoms with Crippen molar-refractivity contribution in [3.05, 3.63) is 0 Å². The van der Waals surface area contributed by atoms with Crippen LogP contribution in [0.3, 0.4) is 0 Å². The van der Waals surface area contributed by atoms with Crippen molar-refractivity contribution in [2.45, 2.75) is 0 Å². The smallest absolute Gasteiger partial charge is 0.324 e. The van der Waals surface area contributed by atoms with E-state index in [1.165, 1.54) is 0 Å². The molecule has 0 heterocycles. The number of hydrogen-bond donors (Lipinski definition) is 3. The molecule has 0 rings (SSSR count). The van der Waals surface area contributed by atoms with Crippen molar-refractivity contribution < 1.29 is 17.2 Å². The summed E-state index contributed by atoms with van der Waals surface area (Å²) in [6.45, 7) is 0. The fraction of sp³-hybridized carbons (Fsp3) is 0. The topological polar surface area (TPSA) is 101 Å². The molecule has 0 spiro atoms. The van der Waals surface area contributed by atoms with E-state index in [4.69, 9.17) is 17.2 Å². The number of rotatable bonds is 0. The SMILES string of the molecule is NS(=O)(=O)O.OBr. The summed E-state index contributed by atoms with van der Waals surface area (Å²) in [5.41, 5.74) is 0. The van der Waals surface area contributed by atoms with E-state index < -0.39 is 10.3 Å². The van der Waals surface area contributed by atoms with Crippen LogP contribution in [0.1, 0.15) is 0 Å². The van der Waals surface area contributed by atoms with Crippen molar-refractivity contribution in [3.63, 3.8) is 0 Å². The van der Waals surface area contributed by atoms with Gasteiger partial charge in [0.1, 0.15) is 0 Å². The number of hydrogen-bond acceptors (Lipinski definition) is 3. The van der Waals surface area contributed by atoms with E-state index >= 15 is 0 Å². The molecule has 0 atom stereocenters. The van der Waals surface area contributed by atoms with Gasteiger partial charge in [-0.05, 0) is 0 Å². The molecule has 0 aromatic carbocycles. The van der Waals surface area contributed by atoms with E-state index in [-0.39, 0.29) is 0 Å². The van der Waals surface area contributed by atoms with Crippen LogP contribution >= 0.6 is 16.3 Å². The summed E-state index contributed by atoms with van der Waals surface area (Å²) >= 11 is 1.94. The monoisotopic (exact) mass is 193 g/mol. The van der Waals surface area contributed by atoms with Crippen molar-refractivity contribution in [2.24, 2.45) is 5.14 Å². The third-order valence-corrected chi connectivity index (χ3v) is 0. The van der Waals surface area contributed by atoms with Crippen molar-refractivity contribution >= 4 is 26.6 Å². The molecule has 0 fully saturated rings. The Morgan fingerprint density at radius 2 is 1.43 bits per heavy atom. The average molecular weight is 194 g/mol. The molecular weight excluding hydrogens is 190 g/mol. The molecule has 0 saturated heterocycles. The lowest BCUT2D eigenvalue weighted by Gasteiger charge is -1.70. The maximum atomic E-state index is 8.97. The van der Waals surface area contributed by atoms with Gasteiger partial charge in [0.15, 0.2) is 0 Å². The Kier molecular flexibility index (Phi) is 6.59. The van der Waals surface area contributed by atoms with Crippen LogP contribution in [0, 0.1) is 0 Å². The maximum Gasteiger partial charge on any atom is 0.330 e. The van der Waals surface area contributed by atoms with Gasteiger partial charge in [0.25, 0.3) is 0 Å². The molecule has 0 aromatic heterocycles. The molecule has 0 radical (unpaired) electrons. The second-order valence-electron chi connectivity index (χ2n) is 0.515. The molecule has 7 heavy (non-hydrogen) atoms. The van der Waals surface area contributed by atoms with Crippen molar-refractivity contribution in [2.75, 3.05) is 0 Å². The summed E-state index contributed by atoms with van der Waals surface area (Å²) < 4.78 is 32.0. The van der Waals surface area contributed by atoms with Crippen LogP contribution in [-0.4, -0.2) is 17.2 Å². The molecule has 0 aliphatic rings. The molecule has 0 unspecified atom stereocenters. The molecule has 0 saturated carbocycles. The first-order valence-corrected chi connectivity index (χ1v) is 3.13. The summed E-state index contributed by atoms with van der Waals surface area (Å²) in [5.74, 6) is 0. The van der Waals surface area contributed by atoms with Crippen LogP contribution in [0.2, 0.25) is 0 Å². The Bertz CT molecular complexity index is 94.9. The lowest BCUT2D eigenvalue weighted by molar-refractivity contribution is 0.485. The van der Waals surface area contributed by atoms with E-state index in [2.05, 4.69) is 5.14 Å². The summed E-state index contributed by atoms with van der Waals surface area (Å²) in [6.07, 6.45) is 0. The molecular formula is H4BrNO4S. The zero-order valence-electron chi connectivity index (χ0n) is 3.07. The average Bonchev–Trinajstić information content (AvgIpc) is 1.36. The first-order valence-electron chi connectivity index (χ1n) is 0.921. The zero-order valence-corrected chi connectivity index (χ0v) is 5.48. The molecule has 0 aromatic rings. The van der Waals surface area contributed by atoms with Gasteiger partial charge in [0.05, 0.1) is 16.3 Å². The van der Waals surface area contributed by atoms with Gasteiger partial charge < -0.3 is 4.20 Å². The summed E-state index contributed by atoms with van der Waals surface area (Å²) in [6, 6.07) is 0. The highest BCUT2D eigenvalue weighted by molar-refractivity contribution is 9.05. The highest BCUT2D eigenvalue weighted by Crippen LogP contribution is 1.50. The van der Waals surface area contributed by atoms with Crippen LogP contribution in [0.25, 0.3) is 0 Å². The Labute approximate surface area is 49.5 Å². The largest absolute Gasteiger partial charge is 0.330 e. The Morgan fingerprint density at radius 3 is 1.43 bits per heavy atom. The van der Waals surface area contributed by atoms with E-state index in [9.17, 15) is 0 Å². The summed E-state index contributed by atoms with van der Waals surface area (Å²) in [7, 11) is -4.17. The lowest BCUT2D eigenvalue weighted by atomic mass is 13.9. The molecule has 46 valence electrons. The molecule has 5 nitrogen and oxygen atoms in total. The molecule has 0 amide bonds. The van der Waals surface area contributed by atoms with E-state index in [0.29, 0.717) is 0 Å².